The van der Waals surface area contributed by atoms with E-state index < -0.39 is 11.8 Å². The minimum Gasteiger partial charge on any atom is -0.512 e. The van der Waals surface area contributed by atoms with Crippen LogP contribution in [0.25, 0.3) is 0 Å². The molecule has 0 aromatic rings. The lowest BCUT2D eigenvalue weighted by molar-refractivity contribution is -0.137. The number of methoxy groups -OCH3 is 1. The van der Waals surface area contributed by atoms with Crippen LogP contribution >= 0.6 is 0 Å². The fraction of sp³-hybridized carbons (Fsp3) is 0.250. The molecule has 0 saturated heterocycles. The first-order valence-electron chi connectivity index (χ1n) is 1.80. The number of esters is 1. The van der Waals surface area contributed by atoms with Crippen LogP contribution in [0.5, 0.6) is 0 Å². The van der Waals surface area contributed by atoms with Crippen LogP contribution in [0.1, 0.15) is 0 Å². The molecule has 0 aliphatic rings. The van der Waals surface area contributed by atoms with E-state index in [1.807, 2.05) is 0 Å². The van der Waals surface area contributed by atoms with Crippen LogP contribution in [-0.4, -0.2) is 18.2 Å². The summed E-state index contributed by atoms with van der Waals surface area (Å²) in [5, 5.41) is 7.80. The van der Waals surface area contributed by atoms with Gasteiger partial charge in [0.15, 0.2) is 0 Å². The maximum absolute atomic E-state index is 11.7. The van der Waals surface area contributed by atoms with Crippen molar-refractivity contribution in [3.8, 4) is 0 Å². The van der Waals surface area contributed by atoms with Gasteiger partial charge in [-0.3, -0.25) is 0 Å². The Hall–Kier alpha value is -1.06. The Balaban J connectivity index is 3.83. The van der Waals surface area contributed by atoms with Crippen LogP contribution < -0.4 is 0 Å². The van der Waals surface area contributed by atoms with Crippen LogP contribution in [0, 0.1) is 0 Å². The Morgan fingerprint density at radius 1 is 1.88 bits per heavy atom. The number of aliphatic hydroxyl groups is 1. The highest BCUT2D eigenvalue weighted by Gasteiger charge is 2.05. The second-order valence-electron chi connectivity index (χ2n) is 0.969. The lowest BCUT2D eigenvalue weighted by atomic mass is 10.6. The molecular weight excluding hydrogens is 115 g/mol. The minimum absolute atomic E-state index is 0.0475. The molecule has 0 rings (SSSR count). The van der Waals surface area contributed by atoms with Gasteiger partial charge in [-0.25, -0.2) is 4.79 Å². The molecular formula is C4H5FO3. The van der Waals surface area contributed by atoms with Gasteiger partial charge in [0, 0.05) is 0 Å². The zero-order valence-electron chi connectivity index (χ0n) is 4.22. The Morgan fingerprint density at radius 3 is 2.50 bits per heavy atom. The van der Waals surface area contributed by atoms with E-state index in [1.165, 1.54) is 0 Å². The first-order chi connectivity index (χ1) is 3.72. The van der Waals surface area contributed by atoms with Gasteiger partial charge in [-0.05, 0) is 0 Å². The number of ether oxygens (including phenoxy) is 1. The maximum Gasteiger partial charge on any atom is 0.370 e. The summed E-state index contributed by atoms with van der Waals surface area (Å²) in [4.78, 5) is 9.92. The van der Waals surface area contributed by atoms with Gasteiger partial charge in [-0.1, -0.05) is 0 Å². The van der Waals surface area contributed by atoms with Crippen LogP contribution in [-0.2, 0) is 9.53 Å². The molecule has 0 bridgehead atoms. The van der Waals surface area contributed by atoms with Crippen molar-refractivity contribution in [1.82, 2.24) is 0 Å². The first-order valence-corrected chi connectivity index (χ1v) is 1.80. The van der Waals surface area contributed by atoms with E-state index in [4.69, 9.17) is 5.11 Å². The lowest BCUT2D eigenvalue weighted by Crippen LogP contribution is -1.99. The van der Waals surface area contributed by atoms with E-state index in [2.05, 4.69) is 4.74 Å². The average molecular weight is 120 g/mol. The van der Waals surface area contributed by atoms with Crippen LogP contribution in [0.15, 0.2) is 12.1 Å². The second-order valence-corrected chi connectivity index (χ2v) is 0.969. The van der Waals surface area contributed by atoms with Gasteiger partial charge >= 0.3 is 5.97 Å². The molecule has 0 unspecified atom stereocenters. The topological polar surface area (TPSA) is 46.5 Å². The minimum atomic E-state index is -1.30. The number of hydrogen-bond acceptors (Lipinski definition) is 3. The molecule has 0 spiro atoms. The summed E-state index contributed by atoms with van der Waals surface area (Å²) >= 11 is 0. The average Bonchev–Trinajstić information content (AvgIpc) is 1.84. The maximum atomic E-state index is 11.7. The molecule has 0 aliphatic heterocycles. The van der Waals surface area contributed by atoms with Gasteiger partial charge in [-0.2, -0.15) is 4.39 Å². The normalized spacial score (nSPS) is 11.0. The number of rotatable bonds is 1. The van der Waals surface area contributed by atoms with Crippen molar-refractivity contribution in [3.63, 3.8) is 0 Å². The van der Waals surface area contributed by atoms with E-state index in [0.29, 0.717) is 0 Å². The Bertz CT molecular complexity index is 118. The third kappa shape index (κ3) is 1.59. The highest BCUT2D eigenvalue weighted by molar-refractivity contribution is 5.85. The molecule has 8 heavy (non-hydrogen) atoms. The molecule has 0 heterocycles. The quantitative estimate of drug-likeness (QED) is 0.312. The molecule has 0 aliphatic carbocycles. The molecule has 46 valence electrons. The molecule has 0 aromatic heterocycles. The Morgan fingerprint density at radius 2 is 2.38 bits per heavy atom. The van der Waals surface area contributed by atoms with Crippen molar-refractivity contribution in [2.24, 2.45) is 0 Å². The molecule has 0 saturated carbocycles. The van der Waals surface area contributed by atoms with Gasteiger partial charge in [0.1, 0.15) is 6.26 Å². The van der Waals surface area contributed by atoms with Crippen LogP contribution in [0.2, 0.25) is 0 Å². The number of carbonyl (C=O) groups excluding carboxylic acids is 1. The number of carbonyl (C=O) groups is 1. The molecule has 0 atom stereocenters. The summed E-state index contributed by atoms with van der Waals surface area (Å²) in [5.41, 5.74) is 0. The highest BCUT2D eigenvalue weighted by atomic mass is 19.1. The van der Waals surface area contributed by atoms with Crippen molar-refractivity contribution in [2.75, 3.05) is 7.11 Å². The van der Waals surface area contributed by atoms with E-state index in [0.717, 1.165) is 7.11 Å². The summed E-state index contributed by atoms with van der Waals surface area (Å²) < 4.78 is 15.5. The van der Waals surface area contributed by atoms with Crippen molar-refractivity contribution >= 4 is 5.97 Å². The number of halogens is 1. The van der Waals surface area contributed by atoms with Gasteiger partial charge < -0.3 is 9.84 Å². The third-order valence-corrected chi connectivity index (χ3v) is 0.494. The highest BCUT2D eigenvalue weighted by Crippen LogP contribution is 1.94. The lowest BCUT2D eigenvalue weighted by Gasteiger charge is -1.89. The van der Waals surface area contributed by atoms with E-state index in [9.17, 15) is 9.18 Å². The van der Waals surface area contributed by atoms with E-state index >= 15 is 0 Å². The van der Waals surface area contributed by atoms with Crippen LogP contribution in [0.3, 0.4) is 0 Å². The molecule has 1 N–H and O–H groups in total. The molecule has 0 radical (unpaired) electrons. The largest absolute Gasteiger partial charge is 0.512 e. The third-order valence-electron chi connectivity index (χ3n) is 0.494. The Labute approximate surface area is 45.4 Å². The standard InChI is InChI=1S/C4H5FO3/c1-8-4(7)3(5)2-6/h2,6H,1H3/b3-2-. The summed E-state index contributed by atoms with van der Waals surface area (Å²) in [6.07, 6.45) is 0.0475. The van der Waals surface area contributed by atoms with Crippen molar-refractivity contribution < 1.29 is 19.0 Å². The molecule has 3 nitrogen and oxygen atoms in total. The zero-order valence-corrected chi connectivity index (χ0v) is 4.22. The summed E-state index contributed by atoms with van der Waals surface area (Å²) in [6, 6.07) is 0. The van der Waals surface area contributed by atoms with Gasteiger partial charge in [-0.15, -0.1) is 0 Å². The van der Waals surface area contributed by atoms with Crippen molar-refractivity contribution in [3.05, 3.63) is 12.1 Å². The van der Waals surface area contributed by atoms with Crippen LogP contribution in [0.4, 0.5) is 4.39 Å². The predicted octanol–water partition coefficient (Wildman–Crippen LogP) is 0.528. The first kappa shape index (κ1) is 6.94. The second kappa shape index (κ2) is 3.01. The Kier molecular flexibility index (Phi) is 2.61. The van der Waals surface area contributed by atoms with Crippen molar-refractivity contribution in [2.45, 2.75) is 0 Å². The van der Waals surface area contributed by atoms with E-state index in [-0.39, 0.29) is 6.26 Å². The number of hydrogen-bond donors (Lipinski definition) is 1. The van der Waals surface area contributed by atoms with Gasteiger partial charge in [0.25, 0.3) is 0 Å². The fourth-order valence-corrected chi connectivity index (χ4v) is 0.150. The fourth-order valence-electron chi connectivity index (χ4n) is 0.150. The smallest absolute Gasteiger partial charge is 0.370 e. The molecule has 0 aromatic carbocycles. The zero-order chi connectivity index (χ0) is 6.57. The predicted molar refractivity (Wildman–Crippen MR) is 23.8 cm³/mol. The molecule has 0 fully saturated rings. The van der Waals surface area contributed by atoms with Gasteiger partial charge in [0.2, 0.25) is 5.83 Å². The molecule has 0 amide bonds. The monoisotopic (exact) mass is 120 g/mol. The van der Waals surface area contributed by atoms with Crippen molar-refractivity contribution in [1.29, 1.82) is 0 Å². The summed E-state index contributed by atoms with van der Waals surface area (Å²) in [6.45, 7) is 0. The molecule has 4 heteroatoms. The van der Waals surface area contributed by atoms with Gasteiger partial charge in [0.05, 0.1) is 7.11 Å². The van der Waals surface area contributed by atoms with E-state index in [1.54, 1.807) is 0 Å². The summed E-state index contributed by atoms with van der Waals surface area (Å²) in [5.74, 6) is -2.47. The summed E-state index contributed by atoms with van der Waals surface area (Å²) in [7, 11) is 1.02. The SMILES string of the molecule is COC(=O)/C(F)=C/O. The number of aliphatic hydroxyl groups excluding tert-OH is 1.